The minimum atomic E-state index is -0.0285. The van der Waals surface area contributed by atoms with E-state index in [0.29, 0.717) is 6.04 Å². The van der Waals surface area contributed by atoms with Crippen molar-refractivity contribution in [3.8, 4) is 0 Å². The molecule has 0 radical (unpaired) electrons. The Morgan fingerprint density at radius 1 is 1.10 bits per heavy atom. The largest absolute Gasteiger partial charge is 0.350 e. The van der Waals surface area contributed by atoms with E-state index in [4.69, 9.17) is 9.47 Å². The maximum atomic E-state index is 5.58. The lowest BCUT2D eigenvalue weighted by Crippen LogP contribution is -2.35. The zero-order valence-electron chi connectivity index (χ0n) is 12.7. The van der Waals surface area contributed by atoms with Crippen molar-refractivity contribution in [1.29, 1.82) is 0 Å². The van der Waals surface area contributed by atoms with Gasteiger partial charge in [-0.2, -0.15) is 0 Å². The molecule has 0 spiro atoms. The van der Waals surface area contributed by atoms with Gasteiger partial charge in [-0.25, -0.2) is 0 Å². The van der Waals surface area contributed by atoms with Crippen molar-refractivity contribution in [2.45, 2.75) is 51.9 Å². The van der Waals surface area contributed by atoms with Crippen LogP contribution in [0.15, 0.2) is 24.3 Å². The Kier molecular flexibility index (Phi) is 6.51. The summed E-state index contributed by atoms with van der Waals surface area (Å²) in [4.78, 5) is 0. The molecule has 1 atom stereocenters. The topological polar surface area (TPSA) is 30.5 Å². The van der Waals surface area contributed by atoms with E-state index in [0.717, 1.165) is 45.4 Å². The Balaban J connectivity index is 1.90. The second kappa shape index (κ2) is 8.40. The molecule has 2 rings (SSSR count). The summed E-state index contributed by atoms with van der Waals surface area (Å²) in [6, 6.07) is 9.38. The van der Waals surface area contributed by atoms with Gasteiger partial charge in [-0.1, -0.05) is 38.1 Å². The number of ether oxygens (including phenoxy) is 2. The molecule has 20 heavy (non-hydrogen) atoms. The van der Waals surface area contributed by atoms with E-state index in [-0.39, 0.29) is 6.29 Å². The van der Waals surface area contributed by atoms with Crippen LogP contribution in [-0.4, -0.2) is 32.1 Å². The van der Waals surface area contributed by atoms with Gasteiger partial charge in [-0.3, -0.25) is 0 Å². The summed E-state index contributed by atoms with van der Waals surface area (Å²) in [5.74, 6) is 0. The van der Waals surface area contributed by atoms with E-state index in [1.54, 1.807) is 0 Å². The quantitative estimate of drug-likeness (QED) is 0.792. The van der Waals surface area contributed by atoms with Crippen molar-refractivity contribution in [2.24, 2.45) is 0 Å². The highest BCUT2D eigenvalue weighted by atomic mass is 16.7. The Hall–Kier alpha value is -0.900. The molecular formula is C17H27NO2. The second-order valence-corrected chi connectivity index (χ2v) is 5.43. The lowest BCUT2D eigenvalue weighted by atomic mass is 10.0. The number of hydrogen-bond acceptors (Lipinski definition) is 3. The summed E-state index contributed by atoms with van der Waals surface area (Å²) in [7, 11) is 0. The predicted molar refractivity (Wildman–Crippen MR) is 81.9 cm³/mol. The van der Waals surface area contributed by atoms with Crippen molar-refractivity contribution in [3.63, 3.8) is 0 Å². The van der Waals surface area contributed by atoms with Gasteiger partial charge in [0.05, 0.1) is 13.2 Å². The van der Waals surface area contributed by atoms with Gasteiger partial charge in [0, 0.05) is 12.5 Å². The monoisotopic (exact) mass is 277 g/mol. The molecule has 1 fully saturated rings. The highest BCUT2D eigenvalue weighted by Crippen LogP contribution is 2.15. The van der Waals surface area contributed by atoms with Crippen molar-refractivity contribution in [3.05, 3.63) is 35.4 Å². The van der Waals surface area contributed by atoms with Gasteiger partial charge in [-0.15, -0.1) is 0 Å². The fourth-order valence-electron chi connectivity index (χ4n) is 2.56. The summed E-state index contributed by atoms with van der Waals surface area (Å²) >= 11 is 0. The lowest BCUT2D eigenvalue weighted by Gasteiger charge is -2.21. The summed E-state index contributed by atoms with van der Waals surface area (Å²) in [5, 5.41) is 3.61. The highest BCUT2D eigenvalue weighted by molar-refractivity contribution is 5.23. The Morgan fingerprint density at radius 2 is 1.75 bits per heavy atom. The first-order chi connectivity index (χ1) is 9.81. The fraction of sp³-hybridized carbons (Fsp3) is 0.647. The van der Waals surface area contributed by atoms with Gasteiger partial charge in [0.25, 0.3) is 0 Å². The third-order valence-corrected chi connectivity index (χ3v) is 3.76. The molecule has 1 aliphatic heterocycles. The maximum absolute atomic E-state index is 5.58. The summed E-state index contributed by atoms with van der Waals surface area (Å²) < 4.78 is 11.2. The van der Waals surface area contributed by atoms with Crippen LogP contribution in [0.4, 0.5) is 0 Å². The summed E-state index contributed by atoms with van der Waals surface area (Å²) in [6.45, 7) is 6.90. The van der Waals surface area contributed by atoms with Crippen molar-refractivity contribution in [1.82, 2.24) is 5.32 Å². The van der Waals surface area contributed by atoms with E-state index in [1.165, 1.54) is 11.1 Å². The van der Waals surface area contributed by atoms with E-state index < -0.39 is 0 Å². The molecule has 1 aromatic carbocycles. The first kappa shape index (κ1) is 15.5. The van der Waals surface area contributed by atoms with Crippen LogP contribution in [0.2, 0.25) is 0 Å². The number of benzene rings is 1. The number of hydrogen-bond donors (Lipinski definition) is 1. The van der Waals surface area contributed by atoms with Crippen molar-refractivity contribution < 1.29 is 9.47 Å². The fourth-order valence-corrected chi connectivity index (χ4v) is 2.56. The molecule has 112 valence electrons. The van der Waals surface area contributed by atoms with E-state index >= 15 is 0 Å². The molecule has 0 aromatic heterocycles. The molecule has 1 aromatic rings. The van der Waals surface area contributed by atoms with Crippen molar-refractivity contribution in [2.75, 3.05) is 19.8 Å². The maximum Gasteiger partial charge on any atom is 0.159 e. The van der Waals surface area contributed by atoms with E-state index in [1.807, 2.05) is 0 Å². The molecule has 1 unspecified atom stereocenters. The van der Waals surface area contributed by atoms with Crippen LogP contribution in [0.3, 0.4) is 0 Å². The molecular weight excluding hydrogens is 250 g/mol. The molecule has 1 heterocycles. The molecule has 1 N–H and O–H groups in total. The van der Waals surface area contributed by atoms with Crippen molar-refractivity contribution >= 4 is 0 Å². The van der Waals surface area contributed by atoms with Gasteiger partial charge in [0.15, 0.2) is 6.29 Å². The van der Waals surface area contributed by atoms with Gasteiger partial charge < -0.3 is 14.8 Å². The third kappa shape index (κ3) is 4.89. The smallest absolute Gasteiger partial charge is 0.159 e. The third-order valence-electron chi connectivity index (χ3n) is 3.76. The number of rotatable bonds is 8. The SMILES string of the molecule is CCCNC(Cc1ccc(CC)cc1)CC1OCCO1. The zero-order valence-corrected chi connectivity index (χ0v) is 12.7. The normalized spacial score (nSPS) is 17.5. The van der Waals surface area contributed by atoms with Crippen LogP contribution < -0.4 is 5.32 Å². The van der Waals surface area contributed by atoms with Gasteiger partial charge in [0.1, 0.15) is 0 Å². The van der Waals surface area contributed by atoms with Gasteiger partial charge >= 0.3 is 0 Å². The predicted octanol–water partition coefficient (Wildman–Crippen LogP) is 2.92. The van der Waals surface area contributed by atoms with Gasteiger partial charge in [0.2, 0.25) is 0 Å². The summed E-state index contributed by atoms with van der Waals surface area (Å²) in [6.07, 6.45) is 4.18. The van der Waals surface area contributed by atoms with Gasteiger partial charge in [-0.05, 0) is 36.9 Å². The molecule has 0 bridgehead atoms. The molecule has 3 nitrogen and oxygen atoms in total. The van der Waals surface area contributed by atoms with Crippen LogP contribution in [0, 0.1) is 0 Å². The Morgan fingerprint density at radius 3 is 2.35 bits per heavy atom. The zero-order chi connectivity index (χ0) is 14.2. The number of nitrogens with one attached hydrogen (secondary N) is 1. The summed E-state index contributed by atoms with van der Waals surface area (Å²) in [5.41, 5.74) is 2.78. The average molecular weight is 277 g/mol. The lowest BCUT2D eigenvalue weighted by molar-refractivity contribution is -0.0526. The highest BCUT2D eigenvalue weighted by Gasteiger charge is 2.21. The van der Waals surface area contributed by atoms with Crippen LogP contribution >= 0.6 is 0 Å². The minimum absolute atomic E-state index is 0.0285. The van der Waals surface area contributed by atoms with Crippen LogP contribution in [0.5, 0.6) is 0 Å². The molecule has 0 aliphatic carbocycles. The molecule has 3 heteroatoms. The van der Waals surface area contributed by atoms with E-state index in [9.17, 15) is 0 Å². The second-order valence-electron chi connectivity index (χ2n) is 5.43. The standard InChI is InChI=1S/C17H27NO2/c1-3-9-18-16(13-17-19-10-11-20-17)12-15-7-5-14(4-2)6-8-15/h5-8,16-18H,3-4,9-13H2,1-2H3. The minimum Gasteiger partial charge on any atom is -0.350 e. The Bertz CT molecular complexity index is 371. The van der Waals surface area contributed by atoms with Crippen LogP contribution in [0.25, 0.3) is 0 Å². The molecule has 1 aliphatic rings. The number of aryl methyl sites for hydroxylation is 1. The molecule has 0 amide bonds. The first-order valence-corrected chi connectivity index (χ1v) is 7.86. The average Bonchev–Trinajstić information content (AvgIpc) is 2.98. The Labute approximate surface area is 122 Å². The van der Waals surface area contributed by atoms with Crippen LogP contribution in [0.1, 0.15) is 37.8 Å². The van der Waals surface area contributed by atoms with E-state index in [2.05, 4.69) is 43.4 Å². The molecule has 1 saturated heterocycles. The van der Waals surface area contributed by atoms with Crippen LogP contribution in [-0.2, 0) is 22.3 Å². The first-order valence-electron chi connectivity index (χ1n) is 7.86. The molecule has 0 saturated carbocycles.